The number of carbonyl (C=O) groups excluding carboxylic acids is 1. The standard InChI is InChI=1S/C10H15N3O3/c1-7(2)13(6-9(14)15)10(16)8-4-5-11-12(8)3/h4-5,7H,6H2,1-3H3,(H,14,15). The van der Waals surface area contributed by atoms with Gasteiger partial charge < -0.3 is 10.0 Å². The summed E-state index contributed by atoms with van der Waals surface area (Å²) in [5.41, 5.74) is 0.384. The van der Waals surface area contributed by atoms with Crippen LogP contribution in [0, 0.1) is 0 Å². The number of aryl methyl sites for hydroxylation is 1. The summed E-state index contributed by atoms with van der Waals surface area (Å²) in [6.45, 7) is 3.25. The third-order valence-corrected chi connectivity index (χ3v) is 2.23. The first kappa shape index (κ1) is 12.2. The van der Waals surface area contributed by atoms with Gasteiger partial charge in [-0.15, -0.1) is 0 Å². The fraction of sp³-hybridized carbons (Fsp3) is 0.500. The van der Waals surface area contributed by atoms with E-state index in [-0.39, 0.29) is 18.5 Å². The van der Waals surface area contributed by atoms with Gasteiger partial charge in [-0.25, -0.2) is 0 Å². The summed E-state index contributed by atoms with van der Waals surface area (Å²) in [6.07, 6.45) is 1.51. The Morgan fingerprint density at radius 3 is 2.56 bits per heavy atom. The first-order valence-electron chi connectivity index (χ1n) is 4.94. The molecule has 0 aliphatic heterocycles. The molecule has 0 saturated heterocycles. The minimum Gasteiger partial charge on any atom is -0.480 e. The fourth-order valence-corrected chi connectivity index (χ4v) is 1.37. The van der Waals surface area contributed by atoms with E-state index in [9.17, 15) is 9.59 Å². The maximum Gasteiger partial charge on any atom is 0.323 e. The lowest BCUT2D eigenvalue weighted by Crippen LogP contribution is -2.41. The molecule has 0 unspecified atom stereocenters. The van der Waals surface area contributed by atoms with Crippen LogP contribution in [0.15, 0.2) is 12.3 Å². The van der Waals surface area contributed by atoms with Crippen LogP contribution in [-0.2, 0) is 11.8 Å². The molecule has 0 aliphatic rings. The molecule has 0 aliphatic carbocycles. The summed E-state index contributed by atoms with van der Waals surface area (Å²) >= 11 is 0. The zero-order chi connectivity index (χ0) is 12.3. The Kier molecular flexibility index (Phi) is 3.65. The van der Waals surface area contributed by atoms with Crippen LogP contribution in [0.2, 0.25) is 0 Å². The van der Waals surface area contributed by atoms with Gasteiger partial charge in [-0.3, -0.25) is 14.3 Å². The molecule has 0 aromatic carbocycles. The SMILES string of the molecule is CC(C)N(CC(=O)O)C(=O)c1ccnn1C. The van der Waals surface area contributed by atoms with Gasteiger partial charge in [0.25, 0.3) is 5.91 Å². The van der Waals surface area contributed by atoms with Crippen LogP contribution in [0.3, 0.4) is 0 Å². The number of aromatic nitrogens is 2. The fourth-order valence-electron chi connectivity index (χ4n) is 1.37. The summed E-state index contributed by atoms with van der Waals surface area (Å²) in [7, 11) is 1.65. The van der Waals surface area contributed by atoms with Gasteiger partial charge in [0, 0.05) is 19.3 Å². The highest BCUT2D eigenvalue weighted by atomic mass is 16.4. The third kappa shape index (κ3) is 2.59. The zero-order valence-electron chi connectivity index (χ0n) is 9.54. The number of carboxylic acids is 1. The number of aliphatic carboxylic acids is 1. The molecule has 0 spiro atoms. The van der Waals surface area contributed by atoms with Crippen molar-refractivity contribution in [1.29, 1.82) is 0 Å². The smallest absolute Gasteiger partial charge is 0.323 e. The van der Waals surface area contributed by atoms with E-state index in [4.69, 9.17) is 5.11 Å². The summed E-state index contributed by atoms with van der Waals surface area (Å²) < 4.78 is 1.43. The molecule has 1 aromatic heterocycles. The number of carboxylic acid groups (broad SMARTS) is 1. The van der Waals surface area contributed by atoms with Crippen molar-refractivity contribution in [1.82, 2.24) is 14.7 Å². The molecule has 1 aromatic rings. The van der Waals surface area contributed by atoms with Crippen LogP contribution >= 0.6 is 0 Å². The highest BCUT2D eigenvalue weighted by molar-refractivity contribution is 5.94. The molecule has 1 amide bonds. The van der Waals surface area contributed by atoms with Crippen LogP contribution in [0.1, 0.15) is 24.3 Å². The van der Waals surface area contributed by atoms with E-state index >= 15 is 0 Å². The van der Waals surface area contributed by atoms with Crippen LogP contribution < -0.4 is 0 Å². The topological polar surface area (TPSA) is 75.4 Å². The number of hydrogen-bond donors (Lipinski definition) is 1. The Hall–Kier alpha value is -1.85. The van der Waals surface area contributed by atoms with Crippen molar-refractivity contribution < 1.29 is 14.7 Å². The van der Waals surface area contributed by atoms with Crippen LogP contribution in [0.4, 0.5) is 0 Å². The minimum atomic E-state index is -1.02. The molecule has 1 N–H and O–H groups in total. The monoisotopic (exact) mass is 225 g/mol. The van der Waals surface area contributed by atoms with Gasteiger partial charge in [-0.05, 0) is 19.9 Å². The van der Waals surface area contributed by atoms with Crippen molar-refractivity contribution in [2.45, 2.75) is 19.9 Å². The van der Waals surface area contributed by atoms with Crippen molar-refractivity contribution in [3.8, 4) is 0 Å². The van der Waals surface area contributed by atoms with Gasteiger partial charge in [-0.1, -0.05) is 0 Å². The highest BCUT2D eigenvalue weighted by Gasteiger charge is 2.23. The maximum atomic E-state index is 12.0. The van der Waals surface area contributed by atoms with E-state index in [0.717, 1.165) is 0 Å². The van der Waals surface area contributed by atoms with E-state index in [1.165, 1.54) is 15.8 Å². The first-order chi connectivity index (χ1) is 7.43. The first-order valence-corrected chi connectivity index (χ1v) is 4.94. The second kappa shape index (κ2) is 4.78. The lowest BCUT2D eigenvalue weighted by molar-refractivity contribution is -0.138. The third-order valence-electron chi connectivity index (χ3n) is 2.23. The van der Waals surface area contributed by atoms with Gasteiger partial charge in [0.1, 0.15) is 12.2 Å². The minimum absolute atomic E-state index is 0.168. The van der Waals surface area contributed by atoms with Gasteiger partial charge in [0.2, 0.25) is 0 Å². The molecule has 16 heavy (non-hydrogen) atoms. The van der Waals surface area contributed by atoms with Gasteiger partial charge in [0.15, 0.2) is 0 Å². The molecule has 6 nitrogen and oxygen atoms in total. The average Bonchev–Trinajstić information content (AvgIpc) is 2.59. The van der Waals surface area contributed by atoms with Crippen molar-refractivity contribution in [3.63, 3.8) is 0 Å². The van der Waals surface area contributed by atoms with Gasteiger partial charge in [-0.2, -0.15) is 5.10 Å². The Balaban J connectivity index is 2.92. The molecular weight excluding hydrogens is 210 g/mol. The largest absolute Gasteiger partial charge is 0.480 e. The lowest BCUT2D eigenvalue weighted by atomic mass is 10.2. The number of hydrogen-bond acceptors (Lipinski definition) is 3. The Morgan fingerprint density at radius 1 is 1.56 bits per heavy atom. The summed E-state index contributed by atoms with van der Waals surface area (Å²) in [5, 5.41) is 12.6. The molecule has 1 heterocycles. The number of rotatable bonds is 4. The number of nitrogens with zero attached hydrogens (tertiary/aromatic N) is 3. The molecule has 0 radical (unpaired) electrons. The van der Waals surface area contributed by atoms with Gasteiger partial charge >= 0.3 is 5.97 Å². The second-order valence-corrected chi connectivity index (χ2v) is 3.76. The normalized spacial score (nSPS) is 10.5. The van der Waals surface area contributed by atoms with Crippen molar-refractivity contribution in [2.24, 2.45) is 7.05 Å². The Bertz CT molecular complexity index is 398. The number of carbonyl (C=O) groups is 2. The van der Waals surface area contributed by atoms with Crippen LogP contribution in [0.25, 0.3) is 0 Å². The van der Waals surface area contributed by atoms with E-state index in [2.05, 4.69) is 5.10 Å². The predicted molar refractivity (Wildman–Crippen MR) is 57.0 cm³/mol. The molecule has 0 bridgehead atoms. The molecule has 1 rings (SSSR count). The lowest BCUT2D eigenvalue weighted by Gasteiger charge is -2.24. The van der Waals surface area contributed by atoms with Crippen LogP contribution in [0.5, 0.6) is 0 Å². The second-order valence-electron chi connectivity index (χ2n) is 3.76. The van der Waals surface area contributed by atoms with E-state index < -0.39 is 5.97 Å². The molecule has 6 heteroatoms. The summed E-state index contributed by atoms with van der Waals surface area (Å²) in [4.78, 5) is 24.0. The zero-order valence-corrected chi connectivity index (χ0v) is 9.54. The van der Waals surface area contributed by atoms with Crippen LogP contribution in [-0.4, -0.2) is 44.3 Å². The molecule has 0 saturated carbocycles. The molecule has 0 fully saturated rings. The summed E-state index contributed by atoms with van der Waals surface area (Å²) in [6, 6.07) is 1.40. The van der Waals surface area contributed by atoms with Crippen molar-refractivity contribution >= 4 is 11.9 Å². The molecular formula is C10H15N3O3. The van der Waals surface area contributed by atoms with Crippen molar-refractivity contribution in [3.05, 3.63) is 18.0 Å². The van der Waals surface area contributed by atoms with Crippen molar-refractivity contribution in [2.75, 3.05) is 6.54 Å². The van der Waals surface area contributed by atoms with E-state index in [1.54, 1.807) is 27.0 Å². The van der Waals surface area contributed by atoms with E-state index in [0.29, 0.717) is 5.69 Å². The van der Waals surface area contributed by atoms with Gasteiger partial charge in [0.05, 0.1) is 0 Å². The Morgan fingerprint density at radius 2 is 2.19 bits per heavy atom. The predicted octanol–water partition coefficient (Wildman–Crippen LogP) is 0.355. The number of amides is 1. The molecule has 0 atom stereocenters. The summed E-state index contributed by atoms with van der Waals surface area (Å²) in [5.74, 6) is -1.35. The maximum absolute atomic E-state index is 12.0. The quantitative estimate of drug-likeness (QED) is 0.802. The Labute approximate surface area is 93.5 Å². The average molecular weight is 225 g/mol. The van der Waals surface area contributed by atoms with E-state index in [1.807, 2.05) is 0 Å². The molecule has 88 valence electrons. The highest BCUT2D eigenvalue weighted by Crippen LogP contribution is 2.07.